The van der Waals surface area contributed by atoms with Crippen molar-refractivity contribution < 1.29 is 19.0 Å². The lowest BCUT2D eigenvalue weighted by Gasteiger charge is -2.34. The number of anilines is 1. The molecule has 0 spiro atoms. The Morgan fingerprint density at radius 1 is 1.32 bits per heavy atom. The molecule has 1 N–H and O–H groups in total. The summed E-state index contributed by atoms with van der Waals surface area (Å²) in [4.78, 5) is 12.5. The number of benzene rings is 1. The average Bonchev–Trinajstić information content (AvgIpc) is 2.63. The van der Waals surface area contributed by atoms with Crippen molar-refractivity contribution in [2.75, 3.05) is 19.5 Å². The van der Waals surface area contributed by atoms with Crippen molar-refractivity contribution in [1.29, 1.82) is 0 Å². The molecule has 5 nitrogen and oxygen atoms in total. The van der Waals surface area contributed by atoms with Gasteiger partial charge in [0.2, 0.25) is 0 Å². The van der Waals surface area contributed by atoms with E-state index in [9.17, 15) is 4.79 Å². The van der Waals surface area contributed by atoms with E-state index >= 15 is 0 Å². The van der Waals surface area contributed by atoms with Crippen molar-refractivity contribution in [1.82, 2.24) is 0 Å². The van der Waals surface area contributed by atoms with Crippen LogP contribution in [-0.2, 0) is 14.3 Å². The van der Waals surface area contributed by atoms with Crippen LogP contribution >= 0.6 is 0 Å². The standard InChI is InChI=1S/C20H27NO4/c1-13-7-12-18(13)25-17-10-8-16(9-11-17)21-19(22)14(2)20(4,24-6)15(3)23-5/h8-13,15H,2,7H2,1,3-6H3,(H,21,22)/t13?,15-,20?/m0/s1. The highest BCUT2D eigenvalue weighted by molar-refractivity contribution is 6.04. The monoisotopic (exact) mass is 345 g/mol. The van der Waals surface area contributed by atoms with Crippen LogP contribution in [0.1, 0.15) is 27.2 Å². The van der Waals surface area contributed by atoms with Gasteiger partial charge in [0.15, 0.2) is 0 Å². The Morgan fingerprint density at radius 2 is 1.96 bits per heavy atom. The van der Waals surface area contributed by atoms with Gasteiger partial charge < -0.3 is 19.5 Å². The second kappa shape index (κ2) is 7.85. The lowest BCUT2D eigenvalue weighted by molar-refractivity contribution is -0.120. The van der Waals surface area contributed by atoms with Gasteiger partial charge in [0, 0.05) is 31.4 Å². The second-order valence-electron chi connectivity index (χ2n) is 6.49. The van der Waals surface area contributed by atoms with Gasteiger partial charge in [0.1, 0.15) is 17.1 Å². The third-order valence-electron chi connectivity index (χ3n) is 4.93. The molecule has 0 saturated carbocycles. The topological polar surface area (TPSA) is 56.8 Å². The SMILES string of the molecule is C=C(C(=O)Nc1ccc(OC2=CCC2C)cc1)C(C)(OC)[C@H](C)OC. The minimum absolute atomic E-state index is 0.304. The van der Waals surface area contributed by atoms with Crippen LogP contribution in [0.15, 0.2) is 48.3 Å². The van der Waals surface area contributed by atoms with E-state index < -0.39 is 5.60 Å². The van der Waals surface area contributed by atoms with Crippen LogP contribution in [-0.4, -0.2) is 31.8 Å². The normalized spacial score (nSPS) is 19.9. The lowest BCUT2D eigenvalue weighted by Crippen LogP contribution is -2.45. The Bertz CT molecular complexity index is 665. The summed E-state index contributed by atoms with van der Waals surface area (Å²) in [5, 5.41) is 2.83. The first-order chi connectivity index (χ1) is 11.8. The first kappa shape index (κ1) is 19.2. The Hall–Kier alpha value is -2.11. The molecule has 1 amide bonds. The van der Waals surface area contributed by atoms with Gasteiger partial charge >= 0.3 is 0 Å². The molecule has 1 aliphatic rings. The number of hydrogen-bond acceptors (Lipinski definition) is 4. The molecule has 1 aliphatic carbocycles. The van der Waals surface area contributed by atoms with Crippen molar-refractivity contribution in [3.05, 3.63) is 48.3 Å². The number of carbonyl (C=O) groups excluding carboxylic acids is 1. The Morgan fingerprint density at radius 3 is 2.40 bits per heavy atom. The molecule has 136 valence electrons. The highest BCUT2D eigenvalue weighted by Crippen LogP contribution is 2.30. The number of carbonyl (C=O) groups is 1. The maximum absolute atomic E-state index is 12.5. The molecular weight excluding hydrogens is 318 g/mol. The van der Waals surface area contributed by atoms with Gasteiger partial charge in [-0.15, -0.1) is 0 Å². The zero-order valence-electron chi connectivity index (χ0n) is 15.6. The molecular formula is C20H27NO4. The van der Waals surface area contributed by atoms with Gasteiger partial charge in [-0.25, -0.2) is 0 Å². The molecule has 0 saturated heterocycles. The fraction of sp³-hybridized carbons (Fsp3) is 0.450. The van der Waals surface area contributed by atoms with Crippen molar-refractivity contribution in [2.24, 2.45) is 5.92 Å². The van der Waals surface area contributed by atoms with Crippen LogP contribution in [0.3, 0.4) is 0 Å². The van der Waals surface area contributed by atoms with Gasteiger partial charge in [0.05, 0.1) is 6.10 Å². The third kappa shape index (κ3) is 4.11. The molecule has 0 aromatic heterocycles. The maximum atomic E-state index is 12.5. The van der Waals surface area contributed by atoms with Crippen LogP contribution < -0.4 is 10.1 Å². The predicted octanol–water partition coefficient (Wildman–Crippen LogP) is 3.92. The largest absolute Gasteiger partial charge is 0.462 e. The van der Waals surface area contributed by atoms with Gasteiger partial charge in [-0.1, -0.05) is 13.5 Å². The van der Waals surface area contributed by atoms with E-state index in [1.165, 1.54) is 7.11 Å². The first-order valence-electron chi connectivity index (χ1n) is 8.38. The summed E-state index contributed by atoms with van der Waals surface area (Å²) in [7, 11) is 3.11. The molecule has 1 aromatic carbocycles. The van der Waals surface area contributed by atoms with Gasteiger partial charge in [-0.2, -0.15) is 0 Å². The molecule has 0 bridgehead atoms. The summed E-state index contributed by atoms with van der Waals surface area (Å²) in [5.74, 6) is 1.91. The second-order valence-corrected chi connectivity index (χ2v) is 6.49. The van der Waals surface area contributed by atoms with Crippen molar-refractivity contribution in [3.8, 4) is 5.75 Å². The highest BCUT2D eigenvalue weighted by Gasteiger charge is 2.38. The van der Waals surface area contributed by atoms with Crippen LogP contribution in [0, 0.1) is 5.92 Å². The number of methoxy groups -OCH3 is 2. The lowest BCUT2D eigenvalue weighted by atomic mass is 9.90. The average molecular weight is 345 g/mol. The molecule has 0 aliphatic heterocycles. The molecule has 3 atom stereocenters. The van der Waals surface area contributed by atoms with E-state index in [2.05, 4.69) is 24.9 Å². The minimum atomic E-state index is -0.908. The molecule has 2 unspecified atom stereocenters. The van der Waals surface area contributed by atoms with E-state index in [1.807, 2.05) is 19.1 Å². The smallest absolute Gasteiger partial charge is 0.254 e. The van der Waals surface area contributed by atoms with E-state index in [0.717, 1.165) is 17.9 Å². The number of nitrogens with one attached hydrogen (secondary N) is 1. The zero-order chi connectivity index (χ0) is 18.6. The first-order valence-corrected chi connectivity index (χ1v) is 8.38. The quantitative estimate of drug-likeness (QED) is 0.726. The molecule has 5 heteroatoms. The highest BCUT2D eigenvalue weighted by atomic mass is 16.5. The Balaban J connectivity index is 2.01. The summed E-state index contributed by atoms with van der Waals surface area (Å²) >= 11 is 0. The number of ether oxygens (including phenoxy) is 3. The Kier molecular flexibility index (Phi) is 6.03. The van der Waals surface area contributed by atoms with Crippen molar-refractivity contribution >= 4 is 11.6 Å². The van der Waals surface area contributed by atoms with Gasteiger partial charge in [-0.3, -0.25) is 4.79 Å². The van der Waals surface area contributed by atoms with Crippen molar-refractivity contribution in [3.63, 3.8) is 0 Å². The molecule has 0 heterocycles. The number of allylic oxidation sites excluding steroid dienone is 2. The van der Waals surface area contributed by atoms with Crippen LogP contribution in [0.4, 0.5) is 5.69 Å². The third-order valence-corrected chi connectivity index (χ3v) is 4.93. The van der Waals surface area contributed by atoms with Crippen molar-refractivity contribution in [2.45, 2.75) is 38.9 Å². The van der Waals surface area contributed by atoms with Gasteiger partial charge in [-0.05, 0) is 50.6 Å². The molecule has 0 fully saturated rings. The summed E-state index contributed by atoms with van der Waals surface area (Å²) in [6.45, 7) is 9.65. The summed E-state index contributed by atoms with van der Waals surface area (Å²) < 4.78 is 16.6. The zero-order valence-corrected chi connectivity index (χ0v) is 15.6. The fourth-order valence-electron chi connectivity index (χ4n) is 2.53. The van der Waals surface area contributed by atoms with Crippen LogP contribution in [0.25, 0.3) is 0 Å². The molecule has 1 aromatic rings. The van der Waals surface area contributed by atoms with Crippen LogP contribution in [0.5, 0.6) is 5.75 Å². The Labute approximate surface area is 149 Å². The predicted molar refractivity (Wildman–Crippen MR) is 98.6 cm³/mol. The molecule has 25 heavy (non-hydrogen) atoms. The fourth-order valence-corrected chi connectivity index (χ4v) is 2.53. The number of hydrogen-bond donors (Lipinski definition) is 1. The van der Waals surface area contributed by atoms with E-state index in [-0.39, 0.29) is 12.0 Å². The van der Waals surface area contributed by atoms with E-state index in [4.69, 9.17) is 14.2 Å². The summed E-state index contributed by atoms with van der Waals surface area (Å²) in [5.41, 5.74) is 0.0603. The summed E-state index contributed by atoms with van der Waals surface area (Å²) in [6, 6.07) is 7.26. The molecule has 0 radical (unpaired) electrons. The maximum Gasteiger partial charge on any atom is 0.254 e. The number of rotatable bonds is 8. The number of amides is 1. The summed E-state index contributed by atoms with van der Waals surface area (Å²) in [6.07, 6.45) is 2.82. The molecule has 2 rings (SSSR count). The van der Waals surface area contributed by atoms with Gasteiger partial charge in [0.25, 0.3) is 5.91 Å². The van der Waals surface area contributed by atoms with E-state index in [1.54, 1.807) is 26.2 Å². The minimum Gasteiger partial charge on any atom is -0.462 e. The van der Waals surface area contributed by atoms with E-state index in [0.29, 0.717) is 17.2 Å². The van der Waals surface area contributed by atoms with Crippen LogP contribution in [0.2, 0.25) is 0 Å².